The molecule has 0 fully saturated rings. The zero-order chi connectivity index (χ0) is 21.6. The lowest BCUT2D eigenvalue weighted by atomic mass is 10.1. The summed E-state index contributed by atoms with van der Waals surface area (Å²) in [6, 6.07) is 8.47. The van der Waals surface area contributed by atoms with Gasteiger partial charge in [0.25, 0.3) is 5.91 Å². The van der Waals surface area contributed by atoms with Crippen LogP contribution in [0.1, 0.15) is 27.7 Å². The number of alkyl halides is 4. The van der Waals surface area contributed by atoms with Gasteiger partial charge in [-0.2, -0.15) is 13.2 Å². The molecule has 1 amide bonds. The van der Waals surface area contributed by atoms with Crippen molar-refractivity contribution in [2.24, 2.45) is 0 Å². The molecule has 1 unspecified atom stereocenters. The van der Waals surface area contributed by atoms with Gasteiger partial charge in [-0.3, -0.25) is 4.79 Å². The number of benzene rings is 2. The molecule has 6 nitrogen and oxygen atoms in total. The van der Waals surface area contributed by atoms with Gasteiger partial charge >= 0.3 is 18.1 Å². The smallest absolute Gasteiger partial charge is 0.416 e. The highest BCUT2D eigenvalue weighted by atomic mass is 19.4. The Hall–Kier alpha value is -3.43. The summed E-state index contributed by atoms with van der Waals surface area (Å²) >= 11 is 0. The highest BCUT2D eigenvalue weighted by Crippen LogP contribution is 2.30. The van der Waals surface area contributed by atoms with Crippen molar-refractivity contribution in [2.45, 2.75) is 12.3 Å². The zero-order valence-corrected chi connectivity index (χ0v) is 15.0. The average molecular weight is 413 g/mol. The van der Waals surface area contributed by atoms with E-state index in [0.29, 0.717) is 12.1 Å². The molecule has 2 rings (SSSR count). The molecule has 1 N–H and O–H groups in total. The Kier molecular flexibility index (Phi) is 6.92. The fourth-order valence-electron chi connectivity index (χ4n) is 2.21. The van der Waals surface area contributed by atoms with Gasteiger partial charge in [0.05, 0.1) is 18.2 Å². The van der Waals surface area contributed by atoms with Gasteiger partial charge < -0.3 is 14.8 Å². The molecule has 0 spiro atoms. The Morgan fingerprint density at radius 1 is 1.07 bits per heavy atom. The summed E-state index contributed by atoms with van der Waals surface area (Å²) in [7, 11) is 1.18. The molecule has 10 heteroatoms. The number of carbonyl (C=O) groups excluding carboxylic acids is 3. The minimum atomic E-state index is -4.58. The quantitative estimate of drug-likeness (QED) is 0.447. The van der Waals surface area contributed by atoms with E-state index in [2.05, 4.69) is 4.74 Å². The molecule has 0 radical (unpaired) electrons. The van der Waals surface area contributed by atoms with Crippen molar-refractivity contribution in [2.75, 3.05) is 13.7 Å². The van der Waals surface area contributed by atoms with E-state index in [1.54, 1.807) is 0 Å². The number of nitrogens with one attached hydrogen (secondary N) is 1. The predicted molar refractivity (Wildman–Crippen MR) is 91.7 cm³/mol. The van der Waals surface area contributed by atoms with Crippen molar-refractivity contribution in [3.8, 4) is 5.75 Å². The maximum atomic E-state index is 14.1. The summed E-state index contributed by atoms with van der Waals surface area (Å²) < 4.78 is 61.1. The van der Waals surface area contributed by atoms with E-state index in [-0.39, 0.29) is 16.9 Å². The summed E-state index contributed by atoms with van der Waals surface area (Å²) in [5.41, 5.74) is -1.14. The Balaban J connectivity index is 1.91. The van der Waals surface area contributed by atoms with Crippen LogP contribution >= 0.6 is 0 Å². The van der Waals surface area contributed by atoms with Crippen LogP contribution in [0.3, 0.4) is 0 Å². The molecule has 0 aliphatic heterocycles. The van der Waals surface area contributed by atoms with Crippen molar-refractivity contribution >= 4 is 17.8 Å². The largest absolute Gasteiger partial charge is 0.465 e. The molecular weight excluding hydrogens is 398 g/mol. The Bertz CT molecular complexity index is 896. The van der Waals surface area contributed by atoms with Crippen LogP contribution in [-0.4, -0.2) is 31.5 Å². The van der Waals surface area contributed by atoms with Crippen molar-refractivity contribution in [1.29, 1.82) is 0 Å². The minimum Gasteiger partial charge on any atom is -0.465 e. The number of halogens is 4. The van der Waals surface area contributed by atoms with Crippen molar-refractivity contribution in [3.05, 3.63) is 65.2 Å². The average Bonchev–Trinajstić information content (AvgIpc) is 2.70. The van der Waals surface area contributed by atoms with Gasteiger partial charge in [-0.15, -0.1) is 0 Å². The van der Waals surface area contributed by atoms with Gasteiger partial charge in [0.1, 0.15) is 12.3 Å². The molecule has 0 aliphatic carbocycles. The highest BCUT2D eigenvalue weighted by Gasteiger charge is 2.31. The number of ether oxygens (including phenoxy) is 2. The lowest BCUT2D eigenvalue weighted by Gasteiger charge is -2.11. The minimum absolute atomic E-state index is 0.00619. The van der Waals surface area contributed by atoms with E-state index in [1.165, 1.54) is 31.4 Å². The molecule has 1 atom stereocenters. The number of hydrogen-bond acceptors (Lipinski definition) is 5. The van der Waals surface area contributed by atoms with Crippen LogP contribution in [0.2, 0.25) is 0 Å². The van der Waals surface area contributed by atoms with E-state index >= 15 is 0 Å². The third kappa shape index (κ3) is 6.03. The van der Waals surface area contributed by atoms with Gasteiger partial charge in [-0.25, -0.2) is 14.0 Å². The van der Waals surface area contributed by atoms with Gasteiger partial charge in [0.15, 0.2) is 0 Å². The van der Waals surface area contributed by atoms with E-state index in [4.69, 9.17) is 4.74 Å². The van der Waals surface area contributed by atoms with E-state index < -0.39 is 42.3 Å². The van der Waals surface area contributed by atoms with Crippen molar-refractivity contribution < 1.29 is 41.4 Å². The first-order valence-electron chi connectivity index (χ1n) is 8.10. The summed E-state index contributed by atoms with van der Waals surface area (Å²) in [6.07, 6.45) is -6.85. The molecule has 0 saturated carbocycles. The van der Waals surface area contributed by atoms with Crippen LogP contribution in [0.4, 0.5) is 17.6 Å². The normalized spacial score (nSPS) is 12.0. The van der Waals surface area contributed by atoms with Crippen LogP contribution in [0.5, 0.6) is 5.75 Å². The van der Waals surface area contributed by atoms with Gasteiger partial charge in [-0.1, -0.05) is 18.2 Å². The first kappa shape index (κ1) is 21.9. The Morgan fingerprint density at radius 3 is 2.31 bits per heavy atom. The second kappa shape index (κ2) is 9.18. The van der Waals surface area contributed by atoms with Crippen LogP contribution in [0, 0.1) is 0 Å². The van der Waals surface area contributed by atoms with Crippen LogP contribution < -0.4 is 10.1 Å². The third-order valence-corrected chi connectivity index (χ3v) is 3.65. The lowest BCUT2D eigenvalue weighted by molar-refractivity contribution is -0.138. The van der Waals surface area contributed by atoms with Gasteiger partial charge in [-0.05, 0) is 35.9 Å². The van der Waals surface area contributed by atoms with Crippen LogP contribution in [0.15, 0.2) is 48.5 Å². The molecule has 0 aliphatic rings. The topological polar surface area (TPSA) is 81.7 Å². The van der Waals surface area contributed by atoms with Gasteiger partial charge in [0.2, 0.25) is 6.17 Å². The molecule has 154 valence electrons. The molecule has 2 aromatic rings. The number of esters is 2. The van der Waals surface area contributed by atoms with Crippen molar-refractivity contribution in [3.63, 3.8) is 0 Å². The molecular formula is C19H15F4NO5. The molecule has 0 aromatic heterocycles. The maximum absolute atomic E-state index is 14.1. The monoisotopic (exact) mass is 413 g/mol. The molecule has 29 heavy (non-hydrogen) atoms. The number of amides is 1. The van der Waals surface area contributed by atoms with Crippen LogP contribution in [-0.2, 0) is 20.5 Å². The summed E-state index contributed by atoms with van der Waals surface area (Å²) in [6.45, 7) is -0.692. The standard InChI is InChI=1S/C19H15F4NO5/c1-28-18(27)12-3-2-4-14(9-12)29-15(25)10-24-17(26)16(20)11-5-7-13(8-6-11)19(21,22)23/h2-9,16H,10H2,1H3,(H,24,26). The lowest BCUT2D eigenvalue weighted by Crippen LogP contribution is -2.34. The number of rotatable bonds is 6. The SMILES string of the molecule is COC(=O)c1cccc(OC(=O)CNC(=O)C(F)c2ccc(C(F)(F)F)cc2)c1. The highest BCUT2D eigenvalue weighted by molar-refractivity contribution is 5.90. The van der Waals surface area contributed by atoms with Crippen LogP contribution in [0.25, 0.3) is 0 Å². The van der Waals surface area contributed by atoms with E-state index in [0.717, 1.165) is 12.1 Å². The molecule has 2 aromatic carbocycles. The number of hydrogen-bond donors (Lipinski definition) is 1. The van der Waals surface area contributed by atoms with Gasteiger partial charge in [0, 0.05) is 0 Å². The first-order valence-corrected chi connectivity index (χ1v) is 8.10. The third-order valence-electron chi connectivity index (χ3n) is 3.65. The fraction of sp³-hybridized carbons (Fsp3) is 0.211. The second-order valence-electron chi connectivity index (χ2n) is 5.69. The predicted octanol–water partition coefficient (Wildman–Crippen LogP) is 3.22. The fourth-order valence-corrected chi connectivity index (χ4v) is 2.21. The summed E-state index contributed by atoms with van der Waals surface area (Å²) in [5, 5.41) is 1.99. The van der Waals surface area contributed by atoms with E-state index in [9.17, 15) is 31.9 Å². The maximum Gasteiger partial charge on any atom is 0.416 e. The van der Waals surface area contributed by atoms with E-state index in [1.807, 2.05) is 5.32 Å². The Labute approximate surface area is 162 Å². The molecule has 0 heterocycles. The number of carbonyl (C=O) groups is 3. The summed E-state index contributed by atoms with van der Waals surface area (Å²) in [5.74, 6) is -2.80. The molecule has 0 saturated heterocycles. The van der Waals surface area contributed by atoms with Crippen molar-refractivity contribution in [1.82, 2.24) is 5.32 Å². The number of methoxy groups -OCH3 is 1. The second-order valence-corrected chi connectivity index (χ2v) is 5.69. The molecule has 0 bridgehead atoms. The first-order chi connectivity index (χ1) is 13.6. The summed E-state index contributed by atoms with van der Waals surface area (Å²) in [4.78, 5) is 35.0. The zero-order valence-electron chi connectivity index (χ0n) is 15.0. The Morgan fingerprint density at radius 2 is 1.72 bits per heavy atom.